The molecule has 0 N–H and O–H groups in total. The van der Waals surface area contributed by atoms with Crippen LogP contribution in [0.1, 0.15) is 290 Å². The molecule has 1 atom stereocenters. The van der Waals surface area contributed by atoms with Crippen molar-refractivity contribution in [2.24, 2.45) is 0 Å². The number of ether oxygens (including phenoxy) is 3. The lowest BCUT2D eigenvalue weighted by Gasteiger charge is -2.18. The molecular weight excluding hydrogens is 877 g/mol. The van der Waals surface area contributed by atoms with Gasteiger partial charge in [-0.15, -0.1) is 0 Å². The molecule has 0 spiro atoms. The third-order valence-corrected chi connectivity index (χ3v) is 12.8. The minimum Gasteiger partial charge on any atom is -0.462 e. The molecule has 0 aromatic rings. The maximum Gasteiger partial charge on any atom is 0.306 e. The van der Waals surface area contributed by atoms with E-state index in [2.05, 4.69) is 106 Å². The Morgan fingerprint density at radius 2 is 0.507 bits per heavy atom. The van der Waals surface area contributed by atoms with Crippen LogP contribution < -0.4 is 0 Å². The lowest BCUT2D eigenvalue weighted by molar-refractivity contribution is -0.167. The predicted octanol–water partition coefficient (Wildman–Crippen LogP) is 20.3. The van der Waals surface area contributed by atoms with Crippen LogP contribution in [0.2, 0.25) is 0 Å². The molecule has 0 aromatic heterocycles. The number of hydrogen-bond donors (Lipinski definition) is 0. The Balaban J connectivity index is 4.44. The van der Waals surface area contributed by atoms with Gasteiger partial charge in [-0.05, 0) is 122 Å². The molecule has 0 amide bonds. The fraction of sp³-hybridized carbons (Fsp3) is 0.738. The van der Waals surface area contributed by atoms with Crippen molar-refractivity contribution in [3.63, 3.8) is 0 Å². The number of unbranched alkanes of at least 4 members (excludes halogenated alkanes) is 29. The lowest BCUT2D eigenvalue weighted by atomic mass is 10.1. The molecule has 0 aliphatic rings. The summed E-state index contributed by atoms with van der Waals surface area (Å²) in [6.07, 6.45) is 77.1. The number of allylic oxidation sites excluding steroid dienone is 14. The van der Waals surface area contributed by atoms with E-state index in [1.807, 2.05) is 0 Å². The molecule has 0 rings (SSSR count). The van der Waals surface area contributed by atoms with E-state index in [0.29, 0.717) is 19.3 Å². The van der Waals surface area contributed by atoms with Gasteiger partial charge < -0.3 is 14.2 Å². The van der Waals surface area contributed by atoms with E-state index in [1.54, 1.807) is 0 Å². The molecule has 0 bridgehead atoms. The van der Waals surface area contributed by atoms with Gasteiger partial charge in [0.1, 0.15) is 13.2 Å². The van der Waals surface area contributed by atoms with Crippen LogP contribution in [-0.4, -0.2) is 37.2 Å². The number of hydrogen-bond acceptors (Lipinski definition) is 6. The summed E-state index contributed by atoms with van der Waals surface area (Å²) in [5.74, 6) is -0.916. The highest BCUT2D eigenvalue weighted by Gasteiger charge is 2.19. The number of rotatable bonds is 54. The molecule has 408 valence electrons. The van der Waals surface area contributed by atoms with Crippen molar-refractivity contribution in [2.75, 3.05) is 13.2 Å². The highest BCUT2D eigenvalue weighted by atomic mass is 16.6. The molecule has 0 heterocycles. The minimum absolute atomic E-state index is 0.0903. The Hall–Kier alpha value is -3.41. The van der Waals surface area contributed by atoms with Crippen LogP contribution >= 0.6 is 0 Å². The highest BCUT2D eigenvalue weighted by molar-refractivity contribution is 5.71. The molecule has 0 aliphatic heterocycles. The largest absolute Gasteiger partial charge is 0.462 e. The van der Waals surface area contributed by atoms with E-state index in [0.717, 1.165) is 109 Å². The van der Waals surface area contributed by atoms with E-state index < -0.39 is 6.10 Å². The van der Waals surface area contributed by atoms with Crippen LogP contribution in [0.5, 0.6) is 0 Å². The summed E-state index contributed by atoms with van der Waals surface area (Å²) < 4.78 is 16.9. The Morgan fingerprint density at radius 3 is 0.831 bits per heavy atom. The summed E-state index contributed by atoms with van der Waals surface area (Å²) >= 11 is 0. The monoisotopic (exact) mass is 989 g/mol. The SMILES string of the molecule is CCCCC/C=C\C/C=C\C/C=C\CCCCCCCCC(=O)OC[C@@H](COC(=O)CCCCCCC/C=C\CCCCCCCC)OC(=O)CCCCCCCC/C=C\C/C=C\C/C=C\CCCCC. The summed E-state index contributed by atoms with van der Waals surface area (Å²) in [6, 6.07) is 0. The number of carbonyl (C=O) groups excluding carboxylic acids is 3. The maximum atomic E-state index is 12.9. The summed E-state index contributed by atoms with van der Waals surface area (Å²) in [4.78, 5) is 38.2. The van der Waals surface area contributed by atoms with Crippen LogP contribution in [0.15, 0.2) is 85.1 Å². The quantitative estimate of drug-likeness (QED) is 0.0261. The first-order valence-corrected chi connectivity index (χ1v) is 30.1. The van der Waals surface area contributed by atoms with Gasteiger partial charge >= 0.3 is 17.9 Å². The Kier molecular flexibility index (Phi) is 56.3. The Morgan fingerprint density at radius 1 is 0.282 bits per heavy atom. The fourth-order valence-electron chi connectivity index (χ4n) is 8.27. The van der Waals surface area contributed by atoms with Gasteiger partial charge in [0.15, 0.2) is 6.10 Å². The lowest BCUT2D eigenvalue weighted by Crippen LogP contribution is -2.30. The summed E-state index contributed by atoms with van der Waals surface area (Å²) in [5, 5.41) is 0. The van der Waals surface area contributed by atoms with E-state index in [9.17, 15) is 14.4 Å². The summed E-state index contributed by atoms with van der Waals surface area (Å²) in [7, 11) is 0. The van der Waals surface area contributed by atoms with Crippen molar-refractivity contribution in [1.29, 1.82) is 0 Å². The smallest absolute Gasteiger partial charge is 0.306 e. The summed E-state index contributed by atoms with van der Waals surface area (Å²) in [5.41, 5.74) is 0. The first-order chi connectivity index (χ1) is 35.0. The average Bonchev–Trinajstić information content (AvgIpc) is 3.37. The van der Waals surface area contributed by atoms with Crippen LogP contribution in [0.25, 0.3) is 0 Å². The van der Waals surface area contributed by atoms with Crippen LogP contribution in [0.4, 0.5) is 0 Å². The van der Waals surface area contributed by atoms with Gasteiger partial charge in [-0.25, -0.2) is 0 Å². The van der Waals surface area contributed by atoms with Crippen LogP contribution in [0, 0.1) is 0 Å². The zero-order chi connectivity index (χ0) is 51.4. The average molecular weight is 990 g/mol. The molecule has 0 unspecified atom stereocenters. The molecule has 0 aromatic carbocycles. The van der Waals surface area contributed by atoms with Gasteiger partial charge in [0.25, 0.3) is 0 Å². The van der Waals surface area contributed by atoms with Gasteiger partial charge in [0.05, 0.1) is 0 Å². The van der Waals surface area contributed by atoms with Crippen molar-refractivity contribution in [3.8, 4) is 0 Å². The van der Waals surface area contributed by atoms with Gasteiger partial charge in [0.2, 0.25) is 0 Å². The van der Waals surface area contributed by atoms with Crippen molar-refractivity contribution >= 4 is 17.9 Å². The van der Waals surface area contributed by atoms with Crippen molar-refractivity contribution in [2.45, 2.75) is 297 Å². The first kappa shape index (κ1) is 67.6. The highest BCUT2D eigenvalue weighted by Crippen LogP contribution is 2.15. The molecular formula is C65H112O6. The van der Waals surface area contributed by atoms with Crippen molar-refractivity contribution < 1.29 is 28.6 Å². The molecule has 6 heteroatoms. The Bertz CT molecular complexity index is 1370. The van der Waals surface area contributed by atoms with Gasteiger partial charge in [0, 0.05) is 19.3 Å². The number of carbonyl (C=O) groups is 3. The van der Waals surface area contributed by atoms with Gasteiger partial charge in [-0.3, -0.25) is 14.4 Å². The summed E-state index contributed by atoms with van der Waals surface area (Å²) in [6.45, 7) is 6.57. The molecule has 6 nitrogen and oxygen atoms in total. The fourth-order valence-corrected chi connectivity index (χ4v) is 8.27. The van der Waals surface area contributed by atoms with E-state index in [4.69, 9.17) is 14.2 Å². The molecule has 0 saturated carbocycles. The van der Waals surface area contributed by atoms with E-state index in [1.165, 1.54) is 141 Å². The maximum absolute atomic E-state index is 12.9. The molecule has 0 saturated heterocycles. The first-order valence-electron chi connectivity index (χ1n) is 30.1. The second kappa shape index (κ2) is 59.2. The normalized spacial score (nSPS) is 12.7. The minimum atomic E-state index is -0.794. The molecule has 71 heavy (non-hydrogen) atoms. The zero-order valence-corrected chi connectivity index (χ0v) is 46.7. The van der Waals surface area contributed by atoms with Crippen molar-refractivity contribution in [1.82, 2.24) is 0 Å². The van der Waals surface area contributed by atoms with Gasteiger partial charge in [-0.1, -0.05) is 234 Å². The third-order valence-electron chi connectivity index (χ3n) is 12.8. The van der Waals surface area contributed by atoms with Crippen LogP contribution in [0.3, 0.4) is 0 Å². The molecule has 0 aliphatic carbocycles. The van der Waals surface area contributed by atoms with Gasteiger partial charge in [-0.2, -0.15) is 0 Å². The predicted molar refractivity (Wildman–Crippen MR) is 307 cm³/mol. The second-order valence-electron chi connectivity index (χ2n) is 19.9. The molecule has 0 fully saturated rings. The van der Waals surface area contributed by atoms with Crippen LogP contribution in [-0.2, 0) is 28.6 Å². The number of esters is 3. The standard InChI is InChI=1S/C65H112O6/c1-4-7-10-13-16-19-22-25-28-30-32-34-37-40-43-46-49-52-55-58-64(67)70-61-62(60-69-63(66)57-54-51-48-45-42-39-36-27-24-21-18-15-12-9-6-3)71-65(68)59-56-53-50-47-44-41-38-35-33-31-29-26-23-20-17-14-11-8-5-2/h16-17,19-20,25-29,32-36,62H,4-15,18,21-24,30-31,37-61H2,1-3H3/b19-16-,20-17-,28-25-,29-26-,34-32-,35-33-,36-27-/t62-/m1/s1. The third kappa shape index (κ3) is 57.4. The van der Waals surface area contributed by atoms with E-state index >= 15 is 0 Å². The second-order valence-corrected chi connectivity index (χ2v) is 19.9. The molecule has 0 radical (unpaired) electrons. The van der Waals surface area contributed by atoms with Crippen molar-refractivity contribution in [3.05, 3.63) is 85.1 Å². The zero-order valence-electron chi connectivity index (χ0n) is 46.7. The van der Waals surface area contributed by atoms with E-state index in [-0.39, 0.29) is 31.1 Å². The topological polar surface area (TPSA) is 78.9 Å². The Labute approximate surface area is 439 Å².